The average molecular weight is 255 g/mol. The number of nitrogens with two attached hydrogens (primary N) is 1. The SMILES string of the molecule is COc1c(CC(N)C(F)(F)F)ccc(F)c1F. The summed E-state index contributed by atoms with van der Waals surface area (Å²) in [5, 5.41) is 0. The minimum Gasteiger partial charge on any atom is -0.493 e. The number of benzene rings is 1. The zero-order chi connectivity index (χ0) is 13.2. The van der Waals surface area contributed by atoms with Gasteiger partial charge in [0.25, 0.3) is 0 Å². The van der Waals surface area contributed by atoms with Crippen LogP contribution in [0.15, 0.2) is 12.1 Å². The Balaban J connectivity index is 3.04. The molecule has 1 aromatic carbocycles. The van der Waals surface area contributed by atoms with Gasteiger partial charge in [-0.2, -0.15) is 17.6 Å². The summed E-state index contributed by atoms with van der Waals surface area (Å²) in [7, 11) is 1.04. The fourth-order valence-electron chi connectivity index (χ4n) is 1.31. The van der Waals surface area contributed by atoms with Crippen LogP contribution in [0.1, 0.15) is 5.56 Å². The van der Waals surface area contributed by atoms with Crippen molar-refractivity contribution in [2.75, 3.05) is 7.11 Å². The molecule has 17 heavy (non-hydrogen) atoms. The predicted octanol–water partition coefficient (Wildman–Crippen LogP) is 2.41. The number of hydrogen-bond acceptors (Lipinski definition) is 2. The molecule has 7 heteroatoms. The first kappa shape index (κ1) is 13.7. The molecule has 1 atom stereocenters. The molecule has 0 aliphatic carbocycles. The second-order valence-electron chi connectivity index (χ2n) is 3.41. The molecular weight excluding hydrogens is 245 g/mol. The number of alkyl halides is 3. The Kier molecular flexibility index (Phi) is 3.92. The van der Waals surface area contributed by atoms with Gasteiger partial charge < -0.3 is 10.5 Å². The second kappa shape index (κ2) is 4.87. The maximum absolute atomic E-state index is 13.2. The van der Waals surface area contributed by atoms with Gasteiger partial charge in [0, 0.05) is 6.42 Å². The molecule has 0 spiro atoms. The van der Waals surface area contributed by atoms with Crippen LogP contribution in [0, 0.1) is 11.6 Å². The molecule has 0 aliphatic heterocycles. The van der Waals surface area contributed by atoms with Crippen LogP contribution in [0.4, 0.5) is 22.0 Å². The largest absolute Gasteiger partial charge is 0.493 e. The second-order valence-corrected chi connectivity index (χ2v) is 3.41. The highest BCUT2D eigenvalue weighted by Gasteiger charge is 2.37. The van der Waals surface area contributed by atoms with Crippen LogP contribution in [0.2, 0.25) is 0 Å². The molecule has 2 N–H and O–H groups in total. The van der Waals surface area contributed by atoms with Gasteiger partial charge in [0.2, 0.25) is 5.82 Å². The molecule has 0 fully saturated rings. The highest BCUT2D eigenvalue weighted by Crippen LogP contribution is 2.29. The lowest BCUT2D eigenvalue weighted by molar-refractivity contribution is -0.147. The summed E-state index contributed by atoms with van der Waals surface area (Å²) in [5.41, 5.74) is 4.77. The molecule has 0 aliphatic rings. The topological polar surface area (TPSA) is 35.2 Å². The number of ether oxygens (including phenoxy) is 1. The van der Waals surface area contributed by atoms with E-state index >= 15 is 0 Å². The zero-order valence-corrected chi connectivity index (χ0v) is 8.81. The normalized spacial score (nSPS) is 13.6. The van der Waals surface area contributed by atoms with Crippen LogP contribution in [0.3, 0.4) is 0 Å². The van der Waals surface area contributed by atoms with Crippen LogP contribution in [-0.2, 0) is 6.42 Å². The first-order chi connectivity index (χ1) is 7.77. The predicted molar refractivity (Wildman–Crippen MR) is 50.6 cm³/mol. The summed E-state index contributed by atoms with van der Waals surface area (Å²) in [4.78, 5) is 0. The van der Waals surface area contributed by atoms with Crippen molar-refractivity contribution < 1.29 is 26.7 Å². The monoisotopic (exact) mass is 255 g/mol. The fourth-order valence-corrected chi connectivity index (χ4v) is 1.31. The zero-order valence-electron chi connectivity index (χ0n) is 8.81. The highest BCUT2D eigenvalue weighted by molar-refractivity contribution is 5.36. The van der Waals surface area contributed by atoms with Crippen molar-refractivity contribution in [3.8, 4) is 5.75 Å². The maximum Gasteiger partial charge on any atom is 0.403 e. The van der Waals surface area contributed by atoms with Crippen molar-refractivity contribution in [2.24, 2.45) is 5.73 Å². The van der Waals surface area contributed by atoms with Crippen LogP contribution in [0.25, 0.3) is 0 Å². The molecule has 2 nitrogen and oxygen atoms in total. The summed E-state index contributed by atoms with van der Waals surface area (Å²) >= 11 is 0. The first-order valence-electron chi connectivity index (χ1n) is 4.60. The Bertz CT molecular complexity index is 404. The Labute approximate surface area is 94.2 Å². The van der Waals surface area contributed by atoms with E-state index in [1.165, 1.54) is 0 Å². The maximum atomic E-state index is 13.2. The van der Waals surface area contributed by atoms with Crippen molar-refractivity contribution in [2.45, 2.75) is 18.6 Å². The van der Waals surface area contributed by atoms with E-state index in [2.05, 4.69) is 4.74 Å². The number of hydrogen-bond donors (Lipinski definition) is 1. The number of methoxy groups -OCH3 is 1. The van der Waals surface area contributed by atoms with Gasteiger partial charge in [0.15, 0.2) is 11.6 Å². The van der Waals surface area contributed by atoms with Crippen LogP contribution in [-0.4, -0.2) is 19.3 Å². The third-order valence-electron chi connectivity index (χ3n) is 2.20. The third-order valence-corrected chi connectivity index (χ3v) is 2.20. The first-order valence-corrected chi connectivity index (χ1v) is 4.60. The molecule has 0 radical (unpaired) electrons. The van der Waals surface area contributed by atoms with Crippen molar-refractivity contribution in [3.05, 3.63) is 29.3 Å². The van der Waals surface area contributed by atoms with Gasteiger partial charge in [-0.1, -0.05) is 6.07 Å². The molecular formula is C10H10F5NO. The van der Waals surface area contributed by atoms with Gasteiger partial charge in [-0.15, -0.1) is 0 Å². The molecule has 0 saturated heterocycles. The Morgan fingerprint density at radius 1 is 1.29 bits per heavy atom. The van der Waals surface area contributed by atoms with Crippen molar-refractivity contribution in [1.29, 1.82) is 0 Å². The van der Waals surface area contributed by atoms with Gasteiger partial charge >= 0.3 is 6.18 Å². The summed E-state index contributed by atoms with van der Waals surface area (Å²) < 4.78 is 67.2. The number of rotatable bonds is 3. The molecule has 1 rings (SSSR count). The van der Waals surface area contributed by atoms with Gasteiger partial charge in [-0.05, 0) is 11.6 Å². The smallest absolute Gasteiger partial charge is 0.403 e. The van der Waals surface area contributed by atoms with E-state index in [4.69, 9.17) is 5.73 Å². The van der Waals surface area contributed by atoms with Crippen molar-refractivity contribution in [3.63, 3.8) is 0 Å². The van der Waals surface area contributed by atoms with Gasteiger partial charge in [0.1, 0.15) is 6.04 Å². The van der Waals surface area contributed by atoms with Crippen molar-refractivity contribution >= 4 is 0 Å². The highest BCUT2D eigenvalue weighted by atomic mass is 19.4. The van der Waals surface area contributed by atoms with E-state index in [0.29, 0.717) is 0 Å². The lowest BCUT2D eigenvalue weighted by Crippen LogP contribution is -2.39. The molecule has 0 aromatic heterocycles. The minimum absolute atomic E-state index is 0.128. The molecule has 0 amide bonds. The quantitative estimate of drug-likeness (QED) is 0.842. The summed E-state index contributed by atoms with van der Waals surface area (Å²) in [6.45, 7) is 0. The van der Waals surface area contributed by atoms with E-state index in [1.807, 2.05) is 0 Å². The van der Waals surface area contributed by atoms with E-state index in [-0.39, 0.29) is 5.56 Å². The van der Waals surface area contributed by atoms with Crippen LogP contribution in [0.5, 0.6) is 5.75 Å². The third kappa shape index (κ3) is 3.06. The van der Waals surface area contributed by atoms with E-state index in [9.17, 15) is 22.0 Å². The summed E-state index contributed by atoms with van der Waals surface area (Å²) in [5.74, 6) is -3.06. The molecule has 96 valence electrons. The lowest BCUT2D eigenvalue weighted by atomic mass is 10.0. The van der Waals surface area contributed by atoms with Gasteiger partial charge in [0.05, 0.1) is 7.11 Å². The molecule has 1 unspecified atom stereocenters. The van der Waals surface area contributed by atoms with E-state index < -0.39 is 36.0 Å². The van der Waals surface area contributed by atoms with Crippen LogP contribution < -0.4 is 10.5 Å². The van der Waals surface area contributed by atoms with Crippen LogP contribution >= 0.6 is 0 Å². The lowest BCUT2D eigenvalue weighted by Gasteiger charge is -2.17. The van der Waals surface area contributed by atoms with Crippen molar-refractivity contribution in [1.82, 2.24) is 0 Å². The Morgan fingerprint density at radius 3 is 2.35 bits per heavy atom. The van der Waals surface area contributed by atoms with Gasteiger partial charge in [-0.25, -0.2) is 4.39 Å². The number of halogens is 5. The van der Waals surface area contributed by atoms with E-state index in [0.717, 1.165) is 19.2 Å². The summed E-state index contributed by atoms with van der Waals surface area (Å²) in [6.07, 6.45) is -5.28. The standard InChI is InChI=1S/C10H10F5NO/c1-17-9-5(2-3-6(11)8(9)12)4-7(16)10(13,14)15/h2-3,7H,4,16H2,1H3. The Morgan fingerprint density at radius 2 is 1.88 bits per heavy atom. The molecule has 0 saturated carbocycles. The average Bonchev–Trinajstić information content (AvgIpc) is 2.22. The van der Waals surface area contributed by atoms with E-state index in [1.54, 1.807) is 0 Å². The molecule has 1 aromatic rings. The Hall–Kier alpha value is -1.37. The molecule has 0 heterocycles. The minimum atomic E-state index is -4.60. The summed E-state index contributed by atoms with van der Waals surface area (Å²) in [6, 6.07) is -0.402. The van der Waals surface area contributed by atoms with Gasteiger partial charge in [-0.3, -0.25) is 0 Å². The molecule has 0 bridgehead atoms. The fraction of sp³-hybridized carbons (Fsp3) is 0.400.